The van der Waals surface area contributed by atoms with Gasteiger partial charge < -0.3 is 14.8 Å². The van der Waals surface area contributed by atoms with Crippen molar-refractivity contribution in [3.05, 3.63) is 116 Å². The molecule has 10 nitrogen and oxygen atoms in total. The number of hydrogen-bond donors (Lipinski definition) is 1. The van der Waals surface area contributed by atoms with Crippen LogP contribution in [0.5, 0.6) is 0 Å². The van der Waals surface area contributed by atoms with Crippen LogP contribution >= 0.6 is 11.3 Å². The van der Waals surface area contributed by atoms with E-state index in [4.69, 9.17) is 9.47 Å². The van der Waals surface area contributed by atoms with E-state index in [0.29, 0.717) is 34.5 Å². The first-order valence-corrected chi connectivity index (χ1v) is 20.4. The molecule has 0 radical (unpaired) electrons. The molecule has 1 aromatic heterocycles. The second-order valence-electron chi connectivity index (χ2n) is 13.4. The second-order valence-corrected chi connectivity index (χ2v) is 16.4. The zero-order valence-electron chi connectivity index (χ0n) is 30.0. The van der Waals surface area contributed by atoms with Gasteiger partial charge in [-0.15, -0.1) is 11.3 Å². The fourth-order valence-electron chi connectivity index (χ4n) is 7.05. The number of carbonyl (C=O) groups is 4. The SMILES string of the molecule is CCOC(=O)C1CCCCN1S(=O)(=O)c1cccc(C(=O)Cc2sc3c(c2C(=O)Nc2ccc(CCc4ccc(C(=O)OC)cc4)cc2)CCCC3)c1. The number of Topliss-reactive ketones (excluding diaryl/α,β-unsaturated/α-hetero) is 1. The molecule has 0 spiro atoms. The minimum Gasteiger partial charge on any atom is -0.465 e. The predicted molar refractivity (Wildman–Crippen MR) is 203 cm³/mol. The van der Waals surface area contributed by atoms with Crippen molar-refractivity contribution in [3.8, 4) is 0 Å². The lowest BCUT2D eigenvalue weighted by molar-refractivity contribution is -0.148. The Morgan fingerprint density at radius 2 is 1.57 bits per heavy atom. The summed E-state index contributed by atoms with van der Waals surface area (Å²) in [6.07, 6.45) is 6.83. The lowest BCUT2D eigenvalue weighted by atomic mass is 9.93. The van der Waals surface area contributed by atoms with E-state index in [-0.39, 0.29) is 47.7 Å². The van der Waals surface area contributed by atoms with E-state index in [1.807, 2.05) is 36.4 Å². The molecule has 53 heavy (non-hydrogen) atoms. The average molecular weight is 757 g/mol. The van der Waals surface area contributed by atoms with Crippen molar-refractivity contribution in [1.82, 2.24) is 4.31 Å². The Labute approximate surface area is 314 Å². The summed E-state index contributed by atoms with van der Waals surface area (Å²) in [5.41, 5.74) is 5.09. The Morgan fingerprint density at radius 1 is 0.868 bits per heavy atom. The second kappa shape index (κ2) is 17.0. The van der Waals surface area contributed by atoms with Gasteiger partial charge in [-0.25, -0.2) is 13.2 Å². The van der Waals surface area contributed by atoms with Gasteiger partial charge in [0.15, 0.2) is 5.78 Å². The van der Waals surface area contributed by atoms with Crippen LogP contribution < -0.4 is 5.32 Å². The Hall–Kier alpha value is -4.65. The first kappa shape index (κ1) is 38.1. The van der Waals surface area contributed by atoms with E-state index >= 15 is 0 Å². The highest BCUT2D eigenvalue weighted by atomic mass is 32.2. The Morgan fingerprint density at radius 3 is 2.26 bits per heavy atom. The number of nitrogens with one attached hydrogen (secondary N) is 1. The molecule has 1 aliphatic heterocycles. The van der Waals surface area contributed by atoms with E-state index in [9.17, 15) is 27.6 Å². The van der Waals surface area contributed by atoms with Crippen molar-refractivity contribution in [2.45, 2.75) is 82.1 Å². The summed E-state index contributed by atoms with van der Waals surface area (Å²) in [6.45, 7) is 2.04. The van der Waals surface area contributed by atoms with Gasteiger partial charge in [0.2, 0.25) is 10.0 Å². The number of ketones is 1. The van der Waals surface area contributed by atoms with Crippen LogP contribution in [-0.4, -0.2) is 62.7 Å². The minimum absolute atomic E-state index is 0.0430. The average Bonchev–Trinajstić information content (AvgIpc) is 3.55. The summed E-state index contributed by atoms with van der Waals surface area (Å²) < 4.78 is 38.7. The molecule has 1 amide bonds. The van der Waals surface area contributed by atoms with Gasteiger partial charge in [-0.2, -0.15) is 4.31 Å². The molecule has 6 rings (SSSR count). The number of ether oxygens (including phenoxy) is 2. The van der Waals surface area contributed by atoms with Crippen molar-refractivity contribution in [1.29, 1.82) is 0 Å². The van der Waals surface area contributed by atoms with Crippen LogP contribution in [0.25, 0.3) is 0 Å². The van der Waals surface area contributed by atoms with Crippen LogP contribution in [0.2, 0.25) is 0 Å². The third-order valence-electron chi connectivity index (χ3n) is 9.86. The van der Waals surface area contributed by atoms with Crippen LogP contribution in [0.1, 0.15) is 96.5 Å². The fourth-order valence-corrected chi connectivity index (χ4v) is 10.1. The molecule has 4 aromatic rings. The maximum atomic E-state index is 13.9. The standard InChI is InChI=1S/C41H44N2O8S2/c1-3-51-41(47)34-12-6-7-24-43(34)53(48,49)32-10-8-9-30(25-32)35(44)26-37-38(33-11-4-5-13-36(33)52-37)39(45)42-31-22-18-28(19-23-31)15-14-27-16-20-29(21-17-27)40(46)50-2/h8-10,16-23,25,34H,3-7,11-15,24,26H2,1-2H3,(H,42,45). The molecule has 3 aromatic carbocycles. The van der Waals surface area contributed by atoms with Crippen molar-refractivity contribution in [2.24, 2.45) is 0 Å². The Balaban J connectivity index is 1.15. The van der Waals surface area contributed by atoms with E-state index in [2.05, 4.69) is 5.32 Å². The van der Waals surface area contributed by atoms with Crippen molar-refractivity contribution in [3.63, 3.8) is 0 Å². The third-order valence-corrected chi connectivity index (χ3v) is 13.1. The molecule has 1 saturated heterocycles. The predicted octanol–water partition coefficient (Wildman–Crippen LogP) is 6.98. The monoisotopic (exact) mass is 756 g/mol. The Kier molecular flexibility index (Phi) is 12.2. The minimum atomic E-state index is -4.09. The quantitative estimate of drug-likeness (QED) is 0.114. The number of fused-ring (bicyclic) bond motifs is 1. The van der Waals surface area contributed by atoms with Gasteiger partial charge in [0.05, 0.1) is 29.7 Å². The normalized spacial score (nSPS) is 16.0. The summed E-state index contributed by atoms with van der Waals surface area (Å²) in [7, 11) is -2.73. The maximum absolute atomic E-state index is 13.9. The number of thiophene rings is 1. The summed E-state index contributed by atoms with van der Waals surface area (Å²) >= 11 is 1.49. The van der Waals surface area contributed by atoms with Crippen LogP contribution in [-0.2, 0) is 56.4 Å². The van der Waals surface area contributed by atoms with E-state index < -0.39 is 22.0 Å². The van der Waals surface area contributed by atoms with Crippen LogP contribution in [0.15, 0.2) is 77.7 Å². The Bertz CT molecular complexity index is 2090. The summed E-state index contributed by atoms with van der Waals surface area (Å²) in [5.74, 6) is -1.49. The van der Waals surface area contributed by atoms with Gasteiger partial charge >= 0.3 is 11.9 Å². The number of anilines is 1. The number of aryl methyl sites for hydroxylation is 3. The summed E-state index contributed by atoms with van der Waals surface area (Å²) in [5, 5.41) is 3.05. The molecule has 2 aliphatic rings. The largest absolute Gasteiger partial charge is 0.465 e. The fraction of sp³-hybridized carbons (Fsp3) is 0.366. The first-order chi connectivity index (χ1) is 25.6. The highest BCUT2D eigenvalue weighted by Crippen LogP contribution is 2.36. The van der Waals surface area contributed by atoms with Crippen LogP contribution in [0, 0.1) is 0 Å². The van der Waals surface area contributed by atoms with Crippen molar-refractivity contribution in [2.75, 3.05) is 25.6 Å². The summed E-state index contributed by atoms with van der Waals surface area (Å²) in [4.78, 5) is 53.8. The van der Waals surface area contributed by atoms with Crippen molar-refractivity contribution < 1.29 is 37.1 Å². The first-order valence-electron chi connectivity index (χ1n) is 18.1. The van der Waals surface area contributed by atoms with Gasteiger partial charge in [-0.1, -0.05) is 36.4 Å². The smallest absolute Gasteiger partial charge is 0.337 e. The number of nitrogens with zero attached hydrogens (tertiary/aromatic N) is 1. The van der Waals surface area contributed by atoms with Gasteiger partial charge in [-0.3, -0.25) is 14.4 Å². The highest BCUT2D eigenvalue weighted by molar-refractivity contribution is 7.89. The lowest BCUT2D eigenvalue weighted by Gasteiger charge is -2.33. The number of benzene rings is 3. The molecular formula is C41H44N2O8S2. The molecule has 1 atom stereocenters. The zero-order valence-corrected chi connectivity index (χ0v) is 31.7. The number of hydrogen-bond acceptors (Lipinski definition) is 9. The van der Waals surface area contributed by atoms with E-state index in [1.54, 1.807) is 31.2 Å². The zero-order chi connectivity index (χ0) is 37.5. The molecular weight excluding hydrogens is 713 g/mol. The van der Waals surface area contributed by atoms with Gasteiger partial charge in [0.25, 0.3) is 5.91 Å². The van der Waals surface area contributed by atoms with Gasteiger partial charge in [-0.05, 0) is 118 Å². The van der Waals surface area contributed by atoms with E-state index in [0.717, 1.165) is 66.5 Å². The maximum Gasteiger partial charge on any atom is 0.337 e. The van der Waals surface area contributed by atoms with Gasteiger partial charge in [0.1, 0.15) is 6.04 Å². The molecule has 1 N–H and O–H groups in total. The highest BCUT2D eigenvalue weighted by Gasteiger charge is 2.39. The number of sulfonamides is 1. The molecule has 1 unspecified atom stereocenters. The molecule has 0 bridgehead atoms. The number of esters is 2. The number of piperidine rings is 1. The van der Waals surface area contributed by atoms with Crippen molar-refractivity contribution >= 4 is 50.7 Å². The molecule has 278 valence electrons. The molecule has 1 aliphatic carbocycles. The molecule has 2 heterocycles. The van der Waals surface area contributed by atoms with E-state index in [1.165, 1.54) is 34.9 Å². The number of amides is 1. The van der Waals surface area contributed by atoms with Gasteiger partial charge in [0, 0.05) is 34.0 Å². The molecule has 12 heteroatoms. The number of methoxy groups -OCH3 is 1. The molecule has 1 fully saturated rings. The van der Waals surface area contributed by atoms with Crippen LogP contribution in [0.3, 0.4) is 0 Å². The number of carbonyl (C=O) groups excluding carboxylic acids is 4. The molecule has 0 saturated carbocycles. The topological polar surface area (TPSA) is 136 Å². The lowest BCUT2D eigenvalue weighted by Crippen LogP contribution is -2.48. The third kappa shape index (κ3) is 8.77. The number of rotatable bonds is 13. The van der Waals surface area contributed by atoms with Crippen LogP contribution in [0.4, 0.5) is 5.69 Å². The summed E-state index contributed by atoms with van der Waals surface area (Å²) in [6, 6.07) is 20.1.